The second-order valence-corrected chi connectivity index (χ2v) is 7.08. The van der Waals surface area contributed by atoms with Gasteiger partial charge in [-0.1, -0.05) is 0 Å². The first kappa shape index (κ1) is 19.4. The number of carbonyl (C=O) groups excluding carboxylic acids is 2. The zero-order chi connectivity index (χ0) is 21.1. The van der Waals surface area contributed by atoms with Gasteiger partial charge in [-0.15, -0.1) is 0 Å². The van der Waals surface area contributed by atoms with Gasteiger partial charge in [0.05, 0.1) is 17.6 Å². The Morgan fingerprint density at radius 1 is 1.37 bits per heavy atom. The minimum Gasteiger partial charge on any atom is -0.343 e. The molecule has 30 heavy (non-hydrogen) atoms. The number of aliphatic imine (C=N–C) groups is 1. The molecule has 3 N–H and O–H groups in total. The number of aromatic amines is 1. The largest absolute Gasteiger partial charge is 0.343 e. The monoisotopic (exact) mass is 407 g/mol. The number of hydrogen-bond donors (Lipinski definition) is 3. The summed E-state index contributed by atoms with van der Waals surface area (Å²) in [5.41, 5.74) is 1.86. The number of rotatable bonds is 7. The number of anilines is 1. The maximum atomic E-state index is 12.5. The first-order chi connectivity index (χ1) is 14.5. The highest BCUT2D eigenvalue weighted by atomic mass is 16.2. The Morgan fingerprint density at radius 2 is 2.20 bits per heavy atom. The van der Waals surface area contributed by atoms with Crippen molar-refractivity contribution in [2.24, 2.45) is 12.0 Å². The Bertz CT molecular complexity index is 1140. The highest BCUT2D eigenvalue weighted by Crippen LogP contribution is 2.39. The third-order valence-electron chi connectivity index (χ3n) is 4.59. The Labute approximate surface area is 171 Å². The molecule has 1 saturated carbocycles. The second-order valence-electron chi connectivity index (χ2n) is 7.08. The number of aromatic nitrogens is 6. The Kier molecular flexibility index (Phi) is 5.33. The van der Waals surface area contributed by atoms with Crippen LogP contribution in [0.1, 0.15) is 41.9 Å². The maximum Gasteiger partial charge on any atom is 0.271 e. The van der Waals surface area contributed by atoms with E-state index in [0.29, 0.717) is 22.8 Å². The van der Waals surface area contributed by atoms with E-state index in [0.717, 1.165) is 18.5 Å². The fraction of sp³-hybridized carbons (Fsp3) is 0.316. The zero-order valence-corrected chi connectivity index (χ0v) is 16.5. The van der Waals surface area contributed by atoms with Crippen molar-refractivity contribution in [2.45, 2.75) is 31.7 Å². The van der Waals surface area contributed by atoms with E-state index in [1.807, 2.05) is 6.07 Å². The van der Waals surface area contributed by atoms with E-state index in [-0.39, 0.29) is 23.6 Å². The van der Waals surface area contributed by atoms with E-state index in [4.69, 9.17) is 0 Å². The molecule has 3 aromatic heterocycles. The summed E-state index contributed by atoms with van der Waals surface area (Å²) in [5, 5.41) is 17.1. The summed E-state index contributed by atoms with van der Waals surface area (Å²) in [5.74, 6) is 0.332. The lowest BCUT2D eigenvalue weighted by molar-refractivity contribution is -0.111. The molecule has 0 spiro atoms. The van der Waals surface area contributed by atoms with Crippen LogP contribution in [0.3, 0.4) is 0 Å². The summed E-state index contributed by atoms with van der Waals surface area (Å²) in [6.07, 6.45) is 9.36. The van der Waals surface area contributed by atoms with Crippen LogP contribution in [0.15, 0.2) is 35.9 Å². The van der Waals surface area contributed by atoms with Gasteiger partial charge in [-0.2, -0.15) is 10.2 Å². The Balaban J connectivity index is 1.28. The van der Waals surface area contributed by atoms with Crippen LogP contribution >= 0.6 is 0 Å². The number of hydrogen-bond acceptors (Lipinski definition) is 7. The minimum atomic E-state index is -0.376. The first-order valence-corrected chi connectivity index (χ1v) is 9.51. The molecule has 2 amide bonds. The summed E-state index contributed by atoms with van der Waals surface area (Å²) < 4.78 is 1.57. The number of nitrogens with one attached hydrogen (secondary N) is 3. The van der Waals surface area contributed by atoms with Gasteiger partial charge in [0.15, 0.2) is 11.5 Å². The number of fused-ring (bicyclic) bond motifs is 1. The lowest BCUT2D eigenvalue weighted by Crippen LogP contribution is -2.34. The summed E-state index contributed by atoms with van der Waals surface area (Å²) in [4.78, 5) is 36.6. The quantitative estimate of drug-likeness (QED) is 0.398. The minimum absolute atomic E-state index is 0.243. The average molecular weight is 407 g/mol. The molecule has 0 bridgehead atoms. The summed E-state index contributed by atoms with van der Waals surface area (Å²) in [6.45, 7) is 1.76. The van der Waals surface area contributed by atoms with Crippen molar-refractivity contribution in [3.63, 3.8) is 0 Å². The predicted octanol–water partition coefficient (Wildman–Crippen LogP) is 1.31. The van der Waals surface area contributed by atoms with Crippen molar-refractivity contribution in [1.82, 2.24) is 35.3 Å². The van der Waals surface area contributed by atoms with Crippen molar-refractivity contribution in [3.8, 4) is 0 Å². The van der Waals surface area contributed by atoms with Crippen molar-refractivity contribution >= 4 is 34.9 Å². The van der Waals surface area contributed by atoms with Crippen LogP contribution < -0.4 is 10.6 Å². The number of carbonyl (C=O) groups is 2. The van der Waals surface area contributed by atoms with Crippen LogP contribution in [0.4, 0.5) is 5.82 Å². The fourth-order valence-electron chi connectivity index (χ4n) is 2.92. The van der Waals surface area contributed by atoms with Crippen LogP contribution in [-0.4, -0.2) is 54.0 Å². The molecule has 1 fully saturated rings. The molecule has 1 aliphatic rings. The molecule has 0 saturated heterocycles. The molecule has 0 aliphatic heterocycles. The number of H-pyrrole nitrogens is 1. The molecule has 11 nitrogen and oxygen atoms in total. The third kappa shape index (κ3) is 4.40. The van der Waals surface area contributed by atoms with Crippen LogP contribution in [0, 0.1) is 0 Å². The summed E-state index contributed by atoms with van der Waals surface area (Å²) in [7, 11) is 1.74. The van der Waals surface area contributed by atoms with Crippen molar-refractivity contribution < 1.29 is 9.59 Å². The van der Waals surface area contributed by atoms with Crippen LogP contribution in [0.2, 0.25) is 0 Å². The molecule has 1 atom stereocenters. The average Bonchev–Trinajstić information content (AvgIpc) is 3.36. The zero-order valence-electron chi connectivity index (χ0n) is 16.5. The van der Waals surface area contributed by atoms with Gasteiger partial charge < -0.3 is 10.6 Å². The van der Waals surface area contributed by atoms with E-state index in [2.05, 4.69) is 40.9 Å². The standard InChI is InChI=1S/C19H21N9O2/c1-11(24-19(30)17-13-9-23-28(2)18(13)22-10-21-17)8-20-6-5-16(29)25-15-7-14(26-27-15)12-3-4-12/h5-12H,3-4H2,1-2H3,(H,24,30)(H2,25,26,27,29). The van der Waals surface area contributed by atoms with Crippen LogP contribution in [0.5, 0.6) is 0 Å². The molecule has 1 aliphatic carbocycles. The lowest BCUT2D eigenvalue weighted by Gasteiger charge is -2.08. The van der Waals surface area contributed by atoms with Crippen LogP contribution in [0.25, 0.3) is 11.0 Å². The molecule has 3 aromatic rings. The molecule has 3 heterocycles. The molecule has 0 aromatic carbocycles. The number of nitrogens with zero attached hydrogens (tertiary/aromatic N) is 6. The second kappa shape index (κ2) is 8.23. The van der Waals surface area contributed by atoms with Crippen molar-refractivity contribution in [3.05, 3.63) is 42.3 Å². The predicted molar refractivity (Wildman–Crippen MR) is 110 cm³/mol. The van der Waals surface area contributed by atoms with Crippen molar-refractivity contribution in [1.29, 1.82) is 0 Å². The van der Waals surface area contributed by atoms with Crippen molar-refractivity contribution in [2.75, 3.05) is 5.32 Å². The van der Waals surface area contributed by atoms with Gasteiger partial charge in [0.25, 0.3) is 11.8 Å². The van der Waals surface area contributed by atoms with Gasteiger partial charge in [0.2, 0.25) is 0 Å². The molecular weight excluding hydrogens is 386 g/mol. The van der Waals surface area contributed by atoms with E-state index >= 15 is 0 Å². The van der Waals surface area contributed by atoms with Gasteiger partial charge >= 0.3 is 0 Å². The molecule has 11 heteroatoms. The number of aryl methyl sites for hydroxylation is 1. The van der Waals surface area contributed by atoms with E-state index in [9.17, 15) is 9.59 Å². The molecule has 0 radical (unpaired) electrons. The maximum absolute atomic E-state index is 12.5. The highest BCUT2D eigenvalue weighted by Gasteiger charge is 2.25. The van der Waals surface area contributed by atoms with Gasteiger partial charge in [-0.25, -0.2) is 9.97 Å². The van der Waals surface area contributed by atoms with Gasteiger partial charge in [0.1, 0.15) is 12.0 Å². The van der Waals surface area contributed by atoms with Gasteiger partial charge in [-0.3, -0.25) is 24.4 Å². The van der Waals surface area contributed by atoms with E-state index in [1.165, 1.54) is 24.8 Å². The SMILES string of the molecule is CC(C=NC=CC(=O)Nc1cc(C2CC2)[nH]n1)NC(=O)c1ncnc2c1cnn2C. The van der Waals surface area contributed by atoms with E-state index < -0.39 is 0 Å². The molecule has 1 unspecified atom stereocenters. The lowest BCUT2D eigenvalue weighted by atomic mass is 10.2. The molecular formula is C19H21N9O2. The highest BCUT2D eigenvalue weighted by molar-refractivity contribution is 6.04. The topological polar surface area (TPSA) is 143 Å². The first-order valence-electron chi connectivity index (χ1n) is 9.51. The normalized spacial score (nSPS) is 15.1. The Morgan fingerprint density at radius 3 is 3.00 bits per heavy atom. The summed E-state index contributed by atoms with van der Waals surface area (Å²) >= 11 is 0. The van der Waals surface area contributed by atoms with E-state index in [1.54, 1.807) is 24.9 Å². The smallest absolute Gasteiger partial charge is 0.271 e. The number of amides is 2. The Hall–Kier alpha value is -3.89. The summed E-state index contributed by atoms with van der Waals surface area (Å²) in [6, 6.07) is 1.47. The van der Waals surface area contributed by atoms with Gasteiger partial charge in [0, 0.05) is 43.2 Å². The van der Waals surface area contributed by atoms with Gasteiger partial charge in [-0.05, 0) is 19.8 Å². The molecule has 154 valence electrons. The third-order valence-corrected chi connectivity index (χ3v) is 4.59. The fourth-order valence-corrected chi connectivity index (χ4v) is 2.92. The molecule has 4 rings (SSSR count). The van der Waals surface area contributed by atoms with Crippen LogP contribution in [-0.2, 0) is 11.8 Å².